The molecule has 0 saturated carbocycles. The fourth-order valence-electron chi connectivity index (χ4n) is 2.87. The van der Waals surface area contributed by atoms with Crippen LogP contribution < -0.4 is 14.8 Å². The van der Waals surface area contributed by atoms with Crippen LogP contribution in [-0.4, -0.2) is 44.3 Å². The lowest BCUT2D eigenvalue weighted by atomic mass is 10.2. The highest BCUT2D eigenvalue weighted by Gasteiger charge is 2.41. The maximum Gasteiger partial charge on any atom is 0.269 e. The van der Waals surface area contributed by atoms with Gasteiger partial charge in [0.15, 0.2) is 11.5 Å². The Morgan fingerprint density at radius 1 is 1.15 bits per heavy atom. The molecule has 0 fully saturated rings. The van der Waals surface area contributed by atoms with Crippen LogP contribution in [-0.2, 0) is 14.8 Å². The number of carbonyl (C=O) groups excluding carboxylic acids is 2. The van der Waals surface area contributed by atoms with Crippen LogP contribution in [0.5, 0.6) is 11.5 Å². The summed E-state index contributed by atoms with van der Waals surface area (Å²) in [5.41, 5.74) is 0.441. The van der Waals surface area contributed by atoms with Crippen LogP contribution in [0.25, 0.3) is 0 Å². The topological polar surface area (TPSA) is 102 Å². The maximum absolute atomic E-state index is 12.5. The van der Waals surface area contributed by atoms with E-state index in [2.05, 4.69) is 21.2 Å². The van der Waals surface area contributed by atoms with Crippen molar-refractivity contribution in [3.8, 4) is 11.5 Å². The van der Waals surface area contributed by atoms with Crippen molar-refractivity contribution in [3.63, 3.8) is 0 Å². The Morgan fingerprint density at radius 3 is 2.52 bits per heavy atom. The van der Waals surface area contributed by atoms with Crippen LogP contribution in [0.1, 0.15) is 10.4 Å². The first-order valence-corrected chi connectivity index (χ1v) is 10.2. The first kappa shape index (κ1) is 17.8. The minimum absolute atomic E-state index is 0.0609. The number of ether oxygens (including phenoxy) is 2. The molecule has 0 saturated heterocycles. The second-order valence-electron chi connectivity index (χ2n) is 5.84. The number of fused-ring (bicyclic) bond motifs is 2. The molecular weight excluding hydrogens is 440 g/mol. The maximum atomic E-state index is 12.5. The molecule has 4 rings (SSSR count). The Kier molecular flexibility index (Phi) is 4.31. The van der Waals surface area contributed by atoms with Crippen molar-refractivity contribution in [2.24, 2.45) is 0 Å². The smallest absolute Gasteiger partial charge is 0.269 e. The predicted molar refractivity (Wildman–Crippen MR) is 98.4 cm³/mol. The molecule has 10 heteroatoms. The molecule has 2 aromatic carbocycles. The largest absolute Gasteiger partial charge is 0.486 e. The van der Waals surface area contributed by atoms with Crippen LogP contribution in [0, 0.1) is 0 Å². The quantitative estimate of drug-likeness (QED) is 0.763. The lowest BCUT2D eigenvalue weighted by Crippen LogP contribution is -2.37. The van der Waals surface area contributed by atoms with E-state index < -0.39 is 28.4 Å². The van der Waals surface area contributed by atoms with Gasteiger partial charge in [-0.25, -0.2) is 12.7 Å². The summed E-state index contributed by atoms with van der Waals surface area (Å²) in [6.45, 7) is 0.193. The van der Waals surface area contributed by atoms with E-state index in [0.29, 0.717) is 39.2 Å². The van der Waals surface area contributed by atoms with Gasteiger partial charge >= 0.3 is 0 Å². The number of hydrogen-bond acceptors (Lipinski definition) is 6. The van der Waals surface area contributed by atoms with Gasteiger partial charge in [-0.15, -0.1) is 0 Å². The van der Waals surface area contributed by atoms with Crippen molar-refractivity contribution in [2.45, 2.75) is 4.90 Å². The standard InChI is InChI=1S/C17H13BrN2O6S/c18-11-7-13-14(26-6-5-25-13)8-12(11)19-16(21)9-20-17(22)10-3-1-2-4-15(10)27(20,23)24/h1-4,7-8H,5-6,9H2,(H,19,21). The Hall–Kier alpha value is -2.59. The molecule has 0 spiro atoms. The third kappa shape index (κ3) is 3.04. The van der Waals surface area contributed by atoms with Crippen molar-refractivity contribution in [1.29, 1.82) is 0 Å². The third-order valence-corrected chi connectivity index (χ3v) is 6.55. The molecule has 2 aliphatic rings. The van der Waals surface area contributed by atoms with Gasteiger partial charge in [-0.2, -0.15) is 0 Å². The number of nitrogens with one attached hydrogen (secondary N) is 1. The summed E-state index contributed by atoms with van der Waals surface area (Å²) in [4.78, 5) is 24.7. The molecule has 8 nitrogen and oxygen atoms in total. The number of rotatable bonds is 3. The van der Waals surface area contributed by atoms with Gasteiger partial charge in [0, 0.05) is 16.6 Å². The van der Waals surface area contributed by atoms with Crippen molar-refractivity contribution < 1.29 is 27.5 Å². The van der Waals surface area contributed by atoms with Gasteiger partial charge in [0.25, 0.3) is 15.9 Å². The lowest BCUT2D eigenvalue weighted by molar-refractivity contribution is -0.116. The van der Waals surface area contributed by atoms with Crippen molar-refractivity contribution >= 4 is 43.5 Å². The van der Waals surface area contributed by atoms with E-state index in [1.165, 1.54) is 18.2 Å². The van der Waals surface area contributed by atoms with Gasteiger partial charge in [0.05, 0.1) is 11.3 Å². The average molecular weight is 453 g/mol. The minimum Gasteiger partial charge on any atom is -0.486 e. The van der Waals surface area contributed by atoms with E-state index in [1.807, 2.05) is 0 Å². The average Bonchev–Trinajstić information content (AvgIpc) is 2.83. The zero-order valence-corrected chi connectivity index (χ0v) is 16.2. The molecule has 1 N–H and O–H groups in total. The molecule has 2 aliphatic heterocycles. The Labute approximate surface area is 163 Å². The SMILES string of the molecule is O=C(CN1C(=O)c2ccccc2S1(=O)=O)Nc1cc2c(cc1Br)OCCO2. The molecule has 0 aliphatic carbocycles. The summed E-state index contributed by atoms with van der Waals surface area (Å²) in [5, 5.41) is 2.59. The van der Waals surface area contributed by atoms with E-state index >= 15 is 0 Å². The summed E-state index contributed by atoms with van der Waals surface area (Å²) < 4.78 is 37.1. The van der Waals surface area contributed by atoms with Crippen LogP contribution >= 0.6 is 15.9 Å². The lowest BCUT2D eigenvalue weighted by Gasteiger charge is -2.20. The molecule has 0 atom stereocenters. The Morgan fingerprint density at radius 2 is 1.81 bits per heavy atom. The van der Waals surface area contributed by atoms with Gasteiger partial charge in [-0.05, 0) is 28.1 Å². The fraction of sp³-hybridized carbons (Fsp3) is 0.176. The van der Waals surface area contributed by atoms with Crippen LogP contribution in [0.15, 0.2) is 45.8 Å². The van der Waals surface area contributed by atoms with Crippen molar-refractivity contribution in [2.75, 3.05) is 25.1 Å². The number of nitrogens with zero attached hydrogens (tertiary/aromatic N) is 1. The van der Waals surface area contributed by atoms with E-state index in [1.54, 1.807) is 18.2 Å². The van der Waals surface area contributed by atoms with Crippen LogP contribution in [0.3, 0.4) is 0 Å². The second-order valence-corrected chi connectivity index (χ2v) is 8.52. The van der Waals surface area contributed by atoms with Gasteiger partial charge in [0.1, 0.15) is 24.7 Å². The molecule has 27 heavy (non-hydrogen) atoms. The van der Waals surface area contributed by atoms with E-state index in [4.69, 9.17) is 9.47 Å². The number of benzene rings is 2. The van der Waals surface area contributed by atoms with Crippen LogP contribution in [0.4, 0.5) is 5.69 Å². The molecule has 2 aromatic rings. The summed E-state index contributed by atoms with van der Waals surface area (Å²) >= 11 is 3.33. The molecule has 0 radical (unpaired) electrons. The molecule has 2 amide bonds. The Bertz CT molecular complexity index is 1070. The first-order valence-electron chi connectivity index (χ1n) is 7.93. The van der Waals surface area contributed by atoms with Crippen LogP contribution in [0.2, 0.25) is 0 Å². The zero-order valence-electron chi connectivity index (χ0n) is 13.8. The zero-order chi connectivity index (χ0) is 19.2. The fourth-order valence-corrected chi connectivity index (χ4v) is 4.81. The highest BCUT2D eigenvalue weighted by Crippen LogP contribution is 2.38. The molecule has 140 valence electrons. The summed E-state index contributed by atoms with van der Waals surface area (Å²) in [6.07, 6.45) is 0. The number of halogens is 1. The highest BCUT2D eigenvalue weighted by atomic mass is 79.9. The molecule has 0 unspecified atom stereocenters. The molecule has 0 bridgehead atoms. The number of sulfonamides is 1. The van der Waals surface area contributed by atoms with Crippen molar-refractivity contribution in [1.82, 2.24) is 4.31 Å². The Balaban J connectivity index is 1.55. The normalized spacial score (nSPS) is 16.8. The van der Waals surface area contributed by atoms with E-state index in [0.717, 1.165) is 0 Å². The molecule has 0 aromatic heterocycles. The number of amides is 2. The summed E-state index contributed by atoms with van der Waals surface area (Å²) in [5.74, 6) is -0.366. The van der Waals surface area contributed by atoms with Gasteiger partial charge in [-0.3, -0.25) is 9.59 Å². The predicted octanol–water partition coefficient (Wildman–Crippen LogP) is 2.00. The van der Waals surface area contributed by atoms with Gasteiger partial charge < -0.3 is 14.8 Å². The second kappa shape index (κ2) is 6.54. The number of carbonyl (C=O) groups is 2. The van der Waals surface area contributed by atoms with Gasteiger partial charge in [-0.1, -0.05) is 12.1 Å². The highest BCUT2D eigenvalue weighted by molar-refractivity contribution is 9.10. The van der Waals surface area contributed by atoms with E-state index in [9.17, 15) is 18.0 Å². The summed E-state index contributed by atoms with van der Waals surface area (Å²) in [7, 11) is -4.04. The number of anilines is 1. The molecular formula is C17H13BrN2O6S. The summed E-state index contributed by atoms with van der Waals surface area (Å²) in [6, 6.07) is 9.09. The van der Waals surface area contributed by atoms with E-state index in [-0.39, 0.29) is 10.5 Å². The van der Waals surface area contributed by atoms with Crippen molar-refractivity contribution in [3.05, 3.63) is 46.4 Å². The number of hydrogen-bond donors (Lipinski definition) is 1. The minimum atomic E-state index is -4.04. The third-order valence-electron chi connectivity index (χ3n) is 4.11. The first-order chi connectivity index (χ1) is 12.9. The van der Waals surface area contributed by atoms with Gasteiger partial charge in [0.2, 0.25) is 5.91 Å². The molecule has 2 heterocycles. The monoisotopic (exact) mass is 452 g/mol.